The van der Waals surface area contributed by atoms with Gasteiger partial charge in [-0.2, -0.15) is 0 Å². The van der Waals surface area contributed by atoms with Crippen molar-refractivity contribution in [3.63, 3.8) is 0 Å². The number of anilines is 1. The molecule has 1 aliphatic heterocycles. The number of aromatic nitrogens is 2. The zero-order valence-electron chi connectivity index (χ0n) is 25.0. The molecule has 1 aromatic carbocycles. The Hall–Kier alpha value is -2.93. The molecule has 1 N–H and O–H groups in total. The molecule has 0 spiro atoms. The Kier molecular flexibility index (Phi) is 10.6. The summed E-state index contributed by atoms with van der Waals surface area (Å²) in [4.78, 5) is 22.5. The van der Waals surface area contributed by atoms with Gasteiger partial charge in [0.25, 0.3) is 0 Å². The first-order chi connectivity index (χ1) is 19.3. The molecule has 0 saturated carbocycles. The van der Waals surface area contributed by atoms with Crippen molar-refractivity contribution in [3.05, 3.63) is 68.3 Å². The van der Waals surface area contributed by atoms with Crippen molar-refractivity contribution in [3.8, 4) is 5.75 Å². The Bertz CT molecular complexity index is 1250. The number of thiazole rings is 1. The number of rotatable bonds is 13. The van der Waals surface area contributed by atoms with Gasteiger partial charge in [0.15, 0.2) is 0 Å². The molecule has 4 rings (SSSR count). The molecule has 6 nitrogen and oxygen atoms in total. The number of carbonyl (C=O) groups is 1. The van der Waals surface area contributed by atoms with Gasteiger partial charge in [-0.15, -0.1) is 11.3 Å². The second kappa shape index (κ2) is 14.1. The summed E-state index contributed by atoms with van der Waals surface area (Å²) in [6.45, 7) is 12.0. The van der Waals surface area contributed by atoms with Crippen LogP contribution in [-0.2, 0) is 35.2 Å². The minimum Gasteiger partial charge on any atom is -0.496 e. The monoisotopic (exact) mass is 563 g/mol. The van der Waals surface area contributed by atoms with E-state index in [1.54, 1.807) is 18.4 Å². The maximum atomic E-state index is 12.7. The number of esters is 1. The zero-order chi connectivity index (χ0) is 28.6. The van der Waals surface area contributed by atoms with Gasteiger partial charge in [0.1, 0.15) is 11.6 Å². The SMILES string of the molecule is CCOC(=O)CC(Cc1csc(CCCc2ccc3c(n2)NCCC3)n1)c1cc(C(C)C)c(OC)c(C(C)C)c1. The molecule has 0 saturated heterocycles. The summed E-state index contributed by atoms with van der Waals surface area (Å²) in [5, 5.41) is 6.73. The van der Waals surface area contributed by atoms with Crippen LogP contribution in [0.25, 0.3) is 0 Å². The van der Waals surface area contributed by atoms with Crippen LogP contribution in [-0.4, -0.2) is 36.2 Å². The van der Waals surface area contributed by atoms with Gasteiger partial charge in [0, 0.05) is 17.6 Å². The summed E-state index contributed by atoms with van der Waals surface area (Å²) >= 11 is 1.72. The smallest absolute Gasteiger partial charge is 0.306 e. The van der Waals surface area contributed by atoms with E-state index < -0.39 is 0 Å². The normalized spacial score (nSPS) is 13.7. The van der Waals surface area contributed by atoms with Crippen LogP contribution in [0.1, 0.15) is 110 Å². The number of nitrogens with one attached hydrogen (secondary N) is 1. The van der Waals surface area contributed by atoms with E-state index in [-0.39, 0.29) is 11.9 Å². The third-order valence-electron chi connectivity index (χ3n) is 7.64. The number of pyridine rings is 1. The molecule has 7 heteroatoms. The van der Waals surface area contributed by atoms with E-state index in [2.05, 4.69) is 62.7 Å². The minimum absolute atomic E-state index is 0.0119. The van der Waals surface area contributed by atoms with Gasteiger partial charge >= 0.3 is 5.97 Å². The second-order valence-corrected chi connectivity index (χ2v) is 12.3. The van der Waals surface area contributed by atoms with Gasteiger partial charge in [-0.25, -0.2) is 9.97 Å². The lowest BCUT2D eigenvalue weighted by Crippen LogP contribution is -2.14. The van der Waals surface area contributed by atoms with E-state index in [1.165, 1.54) is 23.1 Å². The lowest BCUT2D eigenvalue weighted by Gasteiger charge is -2.23. The van der Waals surface area contributed by atoms with Crippen LogP contribution in [0.15, 0.2) is 29.6 Å². The van der Waals surface area contributed by atoms with Crippen LogP contribution >= 0.6 is 11.3 Å². The van der Waals surface area contributed by atoms with E-state index in [0.29, 0.717) is 31.3 Å². The molecule has 2 aromatic heterocycles. The van der Waals surface area contributed by atoms with Gasteiger partial charge in [-0.3, -0.25) is 4.79 Å². The molecule has 0 aliphatic carbocycles. The van der Waals surface area contributed by atoms with Gasteiger partial charge in [-0.1, -0.05) is 45.9 Å². The third-order valence-corrected chi connectivity index (χ3v) is 8.59. The Balaban J connectivity index is 1.49. The number of fused-ring (bicyclic) bond motifs is 1. The molecule has 0 radical (unpaired) electrons. The predicted molar refractivity (Wildman–Crippen MR) is 164 cm³/mol. The van der Waals surface area contributed by atoms with Crippen molar-refractivity contribution in [2.45, 2.75) is 97.3 Å². The molecule has 3 aromatic rings. The second-order valence-electron chi connectivity index (χ2n) is 11.4. The van der Waals surface area contributed by atoms with Crippen molar-refractivity contribution in [1.29, 1.82) is 0 Å². The van der Waals surface area contributed by atoms with E-state index >= 15 is 0 Å². The molecule has 0 fully saturated rings. The van der Waals surface area contributed by atoms with Gasteiger partial charge in [0.05, 0.1) is 30.8 Å². The fourth-order valence-electron chi connectivity index (χ4n) is 5.50. The first-order valence-electron chi connectivity index (χ1n) is 14.8. The number of ether oxygens (including phenoxy) is 2. The summed E-state index contributed by atoms with van der Waals surface area (Å²) < 4.78 is 11.2. The summed E-state index contributed by atoms with van der Waals surface area (Å²) in [5.74, 6) is 2.46. The first kappa shape index (κ1) is 30.0. The number of hydrogen-bond donors (Lipinski definition) is 1. The number of aryl methyl sites for hydroxylation is 3. The quantitative estimate of drug-likeness (QED) is 0.216. The predicted octanol–water partition coefficient (Wildman–Crippen LogP) is 7.61. The molecule has 3 heterocycles. The Morgan fingerprint density at radius 2 is 1.80 bits per heavy atom. The summed E-state index contributed by atoms with van der Waals surface area (Å²) in [6.07, 6.45) is 6.21. The lowest BCUT2D eigenvalue weighted by molar-refractivity contribution is -0.143. The fourth-order valence-corrected chi connectivity index (χ4v) is 6.35. The first-order valence-corrected chi connectivity index (χ1v) is 15.7. The number of methoxy groups -OCH3 is 1. The molecule has 1 aliphatic rings. The molecule has 0 amide bonds. The van der Waals surface area contributed by atoms with E-state index in [0.717, 1.165) is 65.8 Å². The third kappa shape index (κ3) is 7.62. The Morgan fingerprint density at radius 3 is 2.48 bits per heavy atom. The standard InChI is InChI=1S/C33H45N3O3S/c1-7-39-31(37)19-24(25-17-28(21(2)3)32(38-6)29(18-25)22(4)5)16-27-20-40-30(35-27)12-8-11-26-14-13-23-10-9-15-34-33(23)36-26/h13-14,17-18,20-22,24H,7-12,15-16,19H2,1-6H3,(H,34,36). The molecular formula is C33H45N3O3S. The highest BCUT2D eigenvalue weighted by Crippen LogP contribution is 2.39. The van der Waals surface area contributed by atoms with Crippen LogP contribution in [0.3, 0.4) is 0 Å². The summed E-state index contributed by atoms with van der Waals surface area (Å²) in [7, 11) is 1.75. The average molecular weight is 564 g/mol. The van der Waals surface area contributed by atoms with Crippen molar-refractivity contribution < 1.29 is 14.3 Å². The molecule has 0 bridgehead atoms. The van der Waals surface area contributed by atoms with E-state index in [1.807, 2.05) is 6.92 Å². The molecule has 1 atom stereocenters. The number of carbonyl (C=O) groups excluding carboxylic acids is 1. The van der Waals surface area contributed by atoms with Crippen LogP contribution in [0.4, 0.5) is 5.82 Å². The summed E-state index contributed by atoms with van der Waals surface area (Å²) in [6, 6.07) is 8.86. The molecular weight excluding hydrogens is 518 g/mol. The minimum atomic E-state index is -0.164. The van der Waals surface area contributed by atoms with Gasteiger partial charge < -0.3 is 14.8 Å². The lowest BCUT2D eigenvalue weighted by atomic mass is 9.84. The topological polar surface area (TPSA) is 73.3 Å². The maximum absolute atomic E-state index is 12.7. The van der Waals surface area contributed by atoms with Crippen molar-refractivity contribution in [2.24, 2.45) is 0 Å². The number of nitrogens with zero attached hydrogens (tertiary/aromatic N) is 2. The van der Waals surface area contributed by atoms with Crippen LogP contribution in [0, 0.1) is 0 Å². The van der Waals surface area contributed by atoms with Crippen molar-refractivity contribution in [2.75, 3.05) is 25.6 Å². The Labute approximate surface area is 243 Å². The van der Waals surface area contributed by atoms with Crippen LogP contribution < -0.4 is 10.1 Å². The van der Waals surface area contributed by atoms with E-state index in [4.69, 9.17) is 19.4 Å². The average Bonchev–Trinajstić information content (AvgIpc) is 3.38. The number of hydrogen-bond acceptors (Lipinski definition) is 7. The van der Waals surface area contributed by atoms with E-state index in [9.17, 15) is 4.79 Å². The zero-order valence-corrected chi connectivity index (χ0v) is 25.8. The Morgan fingerprint density at radius 1 is 1.05 bits per heavy atom. The van der Waals surface area contributed by atoms with Crippen molar-refractivity contribution in [1.82, 2.24) is 9.97 Å². The van der Waals surface area contributed by atoms with Gasteiger partial charge in [-0.05, 0) is 91.5 Å². The van der Waals surface area contributed by atoms with Crippen LogP contribution in [0.2, 0.25) is 0 Å². The number of benzene rings is 1. The van der Waals surface area contributed by atoms with Crippen molar-refractivity contribution >= 4 is 23.1 Å². The highest BCUT2D eigenvalue weighted by Gasteiger charge is 2.24. The van der Waals surface area contributed by atoms with Gasteiger partial charge in [0.2, 0.25) is 0 Å². The highest BCUT2D eigenvalue weighted by atomic mass is 32.1. The molecule has 216 valence electrons. The maximum Gasteiger partial charge on any atom is 0.306 e. The largest absolute Gasteiger partial charge is 0.496 e. The summed E-state index contributed by atoms with van der Waals surface area (Å²) in [5.41, 5.74) is 7.03. The molecule has 1 unspecified atom stereocenters. The van der Waals surface area contributed by atoms with Crippen LogP contribution in [0.5, 0.6) is 5.75 Å². The highest BCUT2D eigenvalue weighted by molar-refractivity contribution is 7.09. The molecule has 40 heavy (non-hydrogen) atoms. The fraction of sp³-hybridized carbons (Fsp3) is 0.545.